The fourth-order valence-corrected chi connectivity index (χ4v) is 2.55. The van der Waals surface area contributed by atoms with Crippen LogP contribution in [0.3, 0.4) is 0 Å². The zero-order valence-corrected chi connectivity index (χ0v) is 12.1. The van der Waals surface area contributed by atoms with E-state index >= 15 is 0 Å². The number of aliphatic carboxylic acids is 1. The van der Waals surface area contributed by atoms with E-state index < -0.39 is 12.0 Å². The first-order chi connectivity index (χ1) is 10.2. The Labute approximate surface area is 125 Å². The van der Waals surface area contributed by atoms with Gasteiger partial charge in [-0.3, -0.25) is 0 Å². The van der Waals surface area contributed by atoms with Gasteiger partial charge in [-0.2, -0.15) is 0 Å². The van der Waals surface area contributed by atoms with Crippen molar-refractivity contribution < 1.29 is 14.7 Å². The number of nitrogens with zero attached hydrogens (tertiary/aromatic N) is 1. The van der Waals surface area contributed by atoms with Gasteiger partial charge in [0.1, 0.15) is 6.04 Å². The fourth-order valence-electron chi connectivity index (χ4n) is 2.55. The van der Waals surface area contributed by atoms with Crippen molar-refractivity contribution in [2.45, 2.75) is 38.1 Å². The van der Waals surface area contributed by atoms with E-state index in [0.717, 1.165) is 37.9 Å². The molecule has 1 aromatic carbocycles. The lowest BCUT2D eigenvalue weighted by Crippen LogP contribution is -2.49. The summed E-state index contributed by atoms with van der Waals surface area (Å²) in [5.74, 6) is -0.976. The molecule has 114 valence electrons. The van der Waals surface area contributed by atoms with Gasteiger partial charge in [0, 0.05) is 13.1 Å². The van der Waals surface area contributed by atoms with Crippen molar-refractivity contribution in [3.8, 4) is 0 Å². The van der Waals surface area contributed by atoms with Crippen LogP contribution in [0.25, 0.3) is 0 Å². The average molecular weight is 290 g/mol. The maximum absolute atomic E-state index is 12.1. The van der Waals surface area contributed by atoms with Gasteiger partial charge in [-0.15, -0.1) is 0 Å². The molecule has 1 heterocycles. The summed E-state index contributed by atoms with van der Waals surface area (Å²) < 4.78 is 0. The fraction of sp³-hybridized carbons (Fsp3) is 0.500. The molecule has 0 unspecified atom stereocenters. The normalized spacial score (nSPS) is 16.3. The number of carboxylic acid groups (broad SMARTS) is 1. The number of hydrogen-bond acceptors (Lipinski definition) is 2. The Morgan fingerprint density at radius 1 is 1.14 bits per heavy atom. The van der Waals surface area contributed by atoms with E-state index in [-0.39, 0.29) is 6.03 Å². The molecule has 0 saturated carbocycles. The van der Waals surface area contributed by atoms with Crippen molar-refractivity contribution in [2.75, 3.05) is 13.1 Å². The van der Waals surface area contributed by atoms with Crippen LogP contribution < -0.4 is 5.32 Å². The number of rotatable bonds is 5. The average Bonchev–Trinajstić information content (AvgIpc) is 2.52. The summed E-state index contributed by atoms with van der Waals surface area (Å²) in [6.07, 6.45) is 4.17. The molecule has 1 aromatic rings. The number of carboxylic acids is 1. The molecule has 1 atom stereocenters. The van der Waals surface area contributed by atoms with Gasteiger partial charge in [-0.05, 0) is 37.7 Å². The molecule has 0 radical (unpaired) electrons. The van der Waals surface area contributed by atoms with E-state index in [2.05, 4.69) is 5.32 Å². The third kappa shape index (κ3) is 4.77. The lowest BCUT2D eigenvalue weighted by Gasteiger charge is -2.28. The van der Waals surface area contributed by atoms with Gasteiger partial charge in [0.15, 0.2) is 0 Å². The molecular formula is C16H22N2O3. The molecule has 2 amide bonds. The molecule has 1 saturated heterocycles. The number of likely N-dealkylation sites (tertiary alicyclic amines) is 1. The second kappa shape index (κ2) is 7.67. The summed E-state index contributed by atoms with van der Waals surface area (Å²) in [7, 11) is 0. The molecule has 0 spiro atoms. The number of carbonyl (C=O) groups excluding carboxylic acids is 1. The van der Waals surface area contributed by atoms with Crippen molar-refractivity contribution in [3.05, 3.63) is 35.9 Å². The van der Waals surface area contributed by atoms with Crippen molar-refractivity contribution in [2.24, 2.45) is 0 Å². The molecule has 1 aliphatic heterocycles. The van der Waals surface area contributed by atoms with Crippen LogP contribution in [0.15, 0.2) is 30.3 Å². The number of aryl methyl sites for hydroxylation is 1. The summed E-state index contributed by atoms with van der Waals surface area (Å²) in [6.45, 7) is 1.44. The number of urea groups is 1. The van der Waals surface area contributed by atoms with Crippen LogP contribution in [-0.4, -0.2) is 41.1 Å². The van der Waals surface area contributed by atoms with E-state index in [1.165, 1.54) is 0 Å². The highest BCUT2D eigenvalue weighted by molar-refractivity contribution is 5.82. The molecule has 1 fully saturated rings. The Morgan fingerprint density at radius 3 is 2.43 bits per heavy atom. The monoisotopic (exact) mass is 290 g/mol. The van der Waals surface area contributed by atoms with Crippen molar-refractivity contribution >= 4 is 12.0 Å². The third-order valence-electron chi connectivity index (χ3n) is 3.80. The van der Waals surface area contributed by atoms with Crippen molar-refractivity contribution in [1.29, 1.82) is 0 Å². The number of piperidine rings is 1. The van der Waals surface area contributed by atoms with E-state index in [4.69, 9.17) is 0 Å². The summed E-state index contributed by atoms with van der Waals surface area (Å²) in [6, 6.07) is 8.62. The second-order valence-corrected chi connectivity index (χ2v) is 5.41. The molecule has 5 nitrogen and oxygen atoms in total. The standard InChI is InChI=1S/C16H22N2O3/c19-15(20)14(10-9-13-7-3-1-4-8-13)17-16(21)18-11-5-2-6-12-18/h1,3-4,7-8,14H,2,5-6,9-12H2,(H,17,21)(H,19,20)/t14-/m0/s1. The van der Waals surface area contributed by atoms with E-state index in [1.54, 1.807) is 4.90 Å². The van der Waals surface area contributed by atoms with Crippen LogP contribution in [0, 0.1) is 0 Å². The summed E-state index contributed by atoms with van der Waals surface area (Å²) >= 11 is 0. The van der Waals surface area contributed by atoms with E-state index in [1.807, 2.05) is 30.3 Å². The maximum Gasteiger partial charge on any atom is 0.326 e. The first-order valence-electron chi connectivity index (χ1n) is 7.49. The Morgan fingerprint density at radius 2 is 1.81 bits per heavy atom. The molecular weight excluding hydrogens is 268 g/mol. The molecule has 2 N–H and O–H groups in total. The topological polar surface area (TPSA) is 69.6 Å². The lowest BCUT2D eigenvalue weighted by molar-refractivity contribution is -0.139. The van der Waals surface area contributed by atoms with Crippen molar-refractivity contribution in [1.82, 2.24) is 10.2 Å². The Kier molecular flexibility index (Phi) is 5.60. The first kappa shape index (κ1) is 15.4. The van der Waals surface area contributed by atoms with Gasteiger partial charge in [-0.25, -0.2) is 9.59 Å². The molecule has 0 bridgehead atoms. The van der Waals surface area contributed by atoms with Gasteiger partial charge < -0.3 is 15.3 Å². The molecule has 0 aromatic heterocycles. The minimum Gasteiger partial charge on any atom is -0.480 e. The van der Waals surface area contributed by atoms with Crippen LogP contribution in [0.5, 0.6) is 0 Å². The summed E-state index contributed by atoms with van der Waals surface area (Å²) in [4.78, 5) is 25.1. The van der Waals surface area contributed by atoms with Crippen LogP contribution in [-0.2, 0) is 11.2 Å². The highest BCUT2D eigenvalue weighted by Gasteiger charge is 2.23. The molecule has 21 heavy (non-hydrogen) atoms. The Bertz CT molecular complexity index is 470. The number of nitrogens with one attached hydrogen (secondary N) is 1. The lowest BCUT2D eigenvalue weighted by atomic mass is 10.1. The van der Waals surface area contributed by atoms with Crippen LogP contribution in [0.4, 0.5) is 4.79 Å². The summed E-state index contributed by atoms with van der Waals surface area (Å²) in [5.41, 5.74) is 1.08. The predicted octanol–water partition coefficient (Wildman–Crippen LogP) is 2.27. The number of carbonyl (C=O) groups is 2. The third-order valence-corrected chi connectivity index (χ3v) is 3.80. The number of hydrogen-bond donors (Lipinski definition) is 2. The van der Waals surface area contributed by atoms with E-state index in [0.29, 0.717) is 12.8 Å². The molecule has 5 heteroatoms. The van der Waals surface area contributed by atoms with Crippen LogP contribution in [0.2, 0.25) is 0 Å². The van der Waals surface area contributed by atoms with E-state index in [9.17, 15) is 14.7 Å². The van der Waals surface area contributed by atoms with Gasteiger partial charge in [0.2, 0.25) is 0 Å². The zero-order valence-electron chi connectivity index (χ0n) is 12.1. The van der Waals surface area contributed by atoms with Gasteiger partial charge in [0.05, 0.1) is 0 Å². The highest BCUT2D eigenvalue weighted by Crippen LogP contribution is 2.10. The van der Waals surface area contributed by atoms with Crippen LogP contribution >= 0.6 is 0 Å². The minimum atomic E-state index is -0.976. The van der Waals surface area contributed by atoms with Gasteiger partial charge in [-0.1, -0.05) is 30.3 Å². The highest BCUT2D eigenvalue weighted by atomic mass is 16.4. The maximum atomic E-state index is 12.1. The smallest absolute Gasteiger partial charge is 0.326 e. The Balaban J connectivity index is 1.86. The van der Waals surface area contributed by atoms with Gasteiger partial charge >= 0.3 is 12.0 Å². The quantitative estimate of drug-likeness (QED) is 0.874. The van der Waals surface area contributed by atoms with Gasteiger partial charge in [0.25, 0.3) is 0 Å². The number of amides is 2. The second-order valence-electron chi connectivity index (χ2n) is 5.41. The molecule has 0 aliphatic carbocycles. The SMILES string of the molecule is O=C(O)[C@H](CCc1ccccc1)NC(=O)N1CCCCC1. The Hall–Kier alpha value is -2.04. The largest absolute Gasteiger partial charge is 0.480 e. The molecule has 1 aliphatic rings. The predicted molar refractivity (Wildman–Crippen MR) is 80.1 cm³/mol. The van der Waals surface area contributed by atoms with Crippen LogP contribution in [0.1, 0.15) is 31.2 Å². The minimum absolute atomic E-state index is 0.254. The molecule has 2 rings (SSSR count). The van der Waals surface area contributed by atoms with Crippen molar-refractivity contribution in [3.63, 3.8) is 0 Å². The number of benzene rings is 1. The first-order valence-corrected chi connectivity index (χ1v) is 7.49. The zero-order chi connectivity index (χ0) is 15.1. The summed E-state index contributed by atoms with van der Waals surface area (Å²) in [5, 5.41) is 11.9.